The Kier molecular flexibility index (Phi) is 11.5. The van der Waals surface area contributed by atoms with Gasteiger partial charge in [-0.25, -0.2) is 0 Å². The van der Waals surface area contributed by atoms with E-state index in [-0.39, 0.29) is 44.6 Å². The first kappa shape index (κ1) is 38.3. The standard InChI is InChI=1S/C31H68O5Si4/c1-23-25(35-39(18,19)30(8,9)10)27(36-40(20,21)31(11,12)13)26(33-23)24(34-38(16,17)29(5,6)7)22-32-37(14,15)28(2,3)4/h24-27H,1,22H2,2-21H3/t24-,25+,26-,27-/m1/s1. The topological polar surface area (TPSA) is 46.2 Å². The van der Waals surface area contributed by atoms with Gasteiger partial charge in [0.1, 0.15) is 24.1 Å². The van der Waals surface area contributed by atoms with E-state index < -0.39 is 33.3 Å². The smallest absolute Gasteiger partial charge is 0.193 e. The highest BCUT2D eigenvalue weighted by Crippen LogP contribution is 2.46. The van der Waals surface area contributed by atoms with Crippen LogP contribution in [0.25, 0.3) is 0 Å². The Balaban J connectivity index is 3.68. The lowest BCUT2D eigenvalue weighted by molar-refractivity contribution is -0.0494. The van der Waals surface area contributed by atoms with E-state index in [0.29, 0.717) is 12.4 Å². The van der Waals surface area contributed by atoms with E-state index in [4.69, 9.17) is 22.4 Å². The molecule has 5 nitrogen and oxygen atoms in total. The Labute approximate surface area is 254 Å². The van der Waals surface area contributed by atoms with Crippen LogP contribution in [0.5, 0.6) is 0 Å². The molecule has 9 heteroatoms. The number of ether oxygens (including phenoxy) is 1. The van der Waals surface area contributed by atoms with Gasteiger partial charge in [0.25, 0.3) is 0 Å². The van der Waals surface area contributed by atoms with E-state index >= 15 is 0 Å². The summed E-state index contributed by atoms with van der Waals surface area (Å²) in [6.07, 6.45) is -1.27. The van der Waals surface area contributed by atoms with E-state index in [0.717, 1.165) is 0 Å². The largest absolute Gasteiger partial charge is 0.487 e. The van der Waals surface area contributed by atoms with Gasteiger partial charge in [0.15, 0.2) is 39.4 Å². The van der Waals surface area contributed by atoms with Gasteiger partial charge >= 0.3 is 0 Å². The average Bonchev–Trinajstić information content (AvgIpc) is 2.96. The van der Waals surface area contributed by atoms with Crippen LogP contribution in [-0.4, -0.2) is 64.3 Å². The molecule has 0 aromatic heterocycles. The van der Waals surface area contributed by atoms with Crippen molar-refractivity contribution in [2.24, 2.45) is 0 Å². The molecule has 4 atom stereocenters. The van der Waals surface area contributed by atoms with Crippen molar-refractivity contribution < 1.29 is 22.4 Å². The molecule has 40 heavy (non-hydrogen) atoms. The summed E-state index contributed by atoms with van der Waals surface area (Å²) in [6, 6.07) is 0. The molecule has 1 saturated heterocycles. The van der Waals surface area contributed by atoms with Crippen LogP contribution in [0, 0.1) is 0 Å². The van der Waals surface area contributed by atoms with Crippen LogP contribution in [0.3, 0.4) is 0 Å². The molecule has 1 heterocycles. The maximum Gasteiger partial charge on any atom is 0.193 e. The molecule has 0 N–H and O–H groups in total. The fourth-order valence-corrected chi connectivity index (χ4v) is 8.35. The van der Waals surface area contributed by atoms with Gasteiger partial charge in [-0.2, -0.15) is 0 Å². The molecule has 0 radical (unpaired) electrons. The third-order valence-electron chi connectivity index (χ3n) is 10.7. The molecule has 1 rings (SSSR count). The third-order valence-corrected chi connectivity index (χ3v) is 28.7. The molecule has 238 valence electrons. The third kappa shape index (κ3) is 8.89. The maximum atomic E-state index is 7.24. The molecule has 0 amide bonds. The molecule has 0 aliphatic carbocycles. The minimum absolute atomic E-state index is 0.0381. The Bertz CT molecular complexity index is 870. The second-order valence-corrected chi connectivity index (χ2v) is 37.3. The van der Waals surface area contributed by atoms with Crippen molar-refractivity contribution in [3.63, 3.8) is 0 Å². The second kappa shape index (κ2) is 12.0. The summed E-state index contributed by atoms with van der Waals surface area (Å²) >= 11 is 0. The lowest BCUT2D eigenvalue weighted by atomic mass is 10.1. The summed E-state index contributed by atoms with van der Waals surface area (Å²) in [5.41, 5.74) is 0. The maximum absolute atomic E-state index is 7.24. The lowest BCUT2D eigenvalue weighted by Crippen LogP contribution is -2.57. The van der Waals surface area contributed by atoms with Gasteiger partial charge in [-0.3, -0.25) is 0 Å². The van der Waals surface area contributed by atoms with Crippen LogP contribution >= 0.6 is 0 Å². The first-order chi connectivity index (χ1) is 17.3. The molecule has 0 bridgehead atoms. The van der Waals surface area contributed by atoms with E-state index in [9.17, 15) is 0 Å². The molecule has 1 aliphatic heterocycles. The summed E-state index contributed by atoms with van der Waals surface area (Å²) in [4.78, 5) is 0. The lowest BCUT2D eigenvalue weighted by Gasteiger charge is -2.46. The van der Waals surface area contributed by atoms with Crippen molar-refractivity contribution in [3.05, 3.63) is 12.3 Å². The second-order valence-electron chi connectivity index (χ2n) is 18.2. The first-order valence-corrected chi connectivity index (χ1v) is 26.9. The SMILES string of the molecule is C=C1O[C@H]([C@@H](CO[Si](C)(C)C(C)(C)C)O[Si](C)(C)C(C)(C)C)[C@H](O[Si](C)(C)C(C)(C)C)[C@H]1O[Si](C)(C)C(C)(C)C. The van der Waals surface area contributed by atoms with Gasteiger partial charge in [-0.1, -0.05) is 89.7 Å². The monoisotopic (exact) mass is 632 g/mol. The van der Waals surface area contributed by atoms with Crippen LogP contribution in [0.4, 0.5) is 0 Å². The van der Waals surface area contributed by atoms with Gasteiger partial charge in [-0.15, -0.1) is 0 Å². The molecular weight excluding hydrogens is 565 g/mol. The highest BCUT2D eigenvalue weighted by atomic mass is 28.4. The highest BCUT2D eigenvalue weighted by molar-refractivity contribution is 6.75. The predicted molar refractivity (Wildman–Crippen MR) is 183 cm³/mol. The highest BCUT2D eigenvalue weighted by Gasteiger charge is 2.55. The van der Waals surface area contributed by atoms with Gasteiger partial charge in [0.2, 0.25) is 0 Å². The molecule has 0 unspecified atom stereocenters. The number of rotatable bonds is 10. The number of hydrogen-bond acceptors (Lipinski definition) is 5. The van der Waals surface area contributed by atoms with Gasteiger partial charge in [0.05, 0.1) is 6.61 Å². The van der Waals surface area contributed by atoms with E-state index in [2.05, 4.69) is 142 Å². The van der Waals surface area contributed by atoms with Crippen molar-refractivity contribution in [2.75, 3.05) is 6.61 Å². The van der Waals surface area contributed by atoms with E-state index in [1.54, 1.807) is 0 Å². The Morgan fingerprint density at radius 3 is 1.38 bits per heavy atom. The summed E-state index contributed by atoms with van der Waals surface area (Å²) in [7, 11) is -8.56. The summed E-state index contributed by atoms with van der Waals surface area (Å²) in [6.45, 7) is 50.7. The van der Waals surface area contributed by atoms with E-state index in [1.165, 1.54) is 0 Å². The van der Waals surface area contributed by atoms with Crippen molar-refractivity contribution in [1.29, 1.82) is 0 Å². The van der Waals surface area contributed by atoms with Crippen LogP contribution in [0.1, 0.15) is 83.1 Å². The fraction of sp³-hybridized carbons (Fsp3) is 0.935. The van der Waals surface area contributed by atoms with Crippen molar-refractivity contribution in [3.8, 4) is 0 Å². The molecule has 1 fully saturated rings. The van der Waals surface area contributed by atoms with Crippen LogP contribution in [0.15, 0.2) is 12.3 Å². The fourth-order valence-electron chi connectivity index (χ4n) is 3.48. The minimum atomic E-state index is -2.20. The molecular formula is C31H68O5Si4. The Hall–Kier alpha value is 0.248. The van der Waals surface area contributed by atoms with Crippen LogP contribution < -0.4 is 0 Å². The van der Waals surface area contributed by atoms with Gasteiger partial charge in [-0.05, 0) is 72.5 Å². The van der Waals surface area contributed by atoms with Crippen molar-refractivity contribution >= 4 is 33.3 Å². The Morgan fingerprint density at radius 2 is 1.00 bits per heavy atom. The van der Waals surface area contributed by atoms with Gasteiger partial charge in [0, 0.05) is 0 Å². The minimum Gasteiger partial charge on any atom is -0.487 e. The zero-order chi connectivity index (χ0) is 32.1. The normalized spacial score (nSPS) is 23.4. The molecule has 1 aliphatic rings. The van der Waals surface area contributed by atoms with Crippen LogP contribution in [-0.2, 0) is 22.4 Å². The van der Waals surface area contributed by atoms with Crippen LogP contribution in [0.2, 0.25) is 72.5 Å². The van der Waals surface area contributed by atoms with Gasteiger partial charge < -0.3 is 22.4 Å². The van der Waals surface area contributed by atoms with E-state index in [1.807, 2.05) is 0 Å². The summed E-state index contributed by atoms with van der Waals surface area (Å²) in [5, 5.41) is 0.232. The molecule has 0 aromatic rings. The van der Waals surface area contributed by atoms with Crippen molar-refractivity contribution in [1.82, 2.24) is 0 Å². The average molecular weight is 633 g/mol. The molecule has 0 aromatic carbocycles. The van der Waals surface area contributed by atoms with Crippen molar-refractivity contribution in [2.45, 2.75) is 180 Å². The first-order valence-electron chi connectivity index (χ1n) is 15.3. The summed E-state index contributed by atoms with van der Waals surface area (Å²) in [5.74, 6) is 0.662. The Morgan fingerprint density at radius 1 is 0.625 bits per heavy atom. The predicted octanol–water partition coefficient (Wildman–Crippen LogP) is 10.1. The zero-order valence-corrected chi connectivity index (χ0v) is 34.3. The number of hydrogen-bond donors (Lipinski definition) is 0. The molecule has 0 spiro atoms. The zero-order valence-electron chi connectivity index (χ0n) is 30.3. The summed E-state index contributed by atoms with van der Waals surface area (Å²) < 4.78 is 35.0. The molecule has 0 saturated carbocycles. The quantitative estimate of drug-likeness (QED) is 0.224.